The molecule has 160 valence electrons. The number of amides is 1. The van der Waals surface area contributed by atoms with E-state index in [0.29, 0.717) is 13.0 Å². The number of nitrogens with zero attached hydrogens (tertiary/aromatic N) is 1. The van der Waals surface area contributed by atoms with Gasteiger partial charge < -0.3 is 19.5 Å². The van der Waals surface area contributed by atoms with Crippen LogP contribution in [0.3, 0.4) is 0 Å². The van der Waals surface area contributed by atoms with Gasteiger partial charge in [-0.05, 0) is 65.9 Å². The number of halogens is 1. The van der Waals surface area contributed by atoms with E-state index < -0.39 is 13.9 Å². The van der Waals surface area contributed by atoms with Gasteiger partial charge in [-0.1, -0.05) is 37.3 Å². The van der Waals surface area contributed by atoms with E-state index >= 15 is 0 Å². The van der Waals surface area contributed by atoms with Gasteiger partial charge in [-0.25, -0.2) is 0 Å². The molecule has 1 spiro atoms. The Kier molecular flexibility index (Phi) is 5.86. The average Bonchev–Trinajstić information content (AvgIpc) is 3.10. The Balaban J connectivity index is 1.80. The van der Waals surface area contributed by atoms with Crippen LogP contribution in [0.5, 0.6) is 0 Å². The van der Waals surface area contributed by atoms with E-state index in [9.17, 15) is 14.7 Å². The number of para-hydroxylation sites is 1. The molecule has 30 heavy (non-hydrogen) atoms. The van der Waals surface area contributed by atoms with Crippen LogP contribution in [0, 0.1) is 9.49 Å². The maximum Gasteiger partial charge on any atom is 0.264 e. The second kappa shape index (κ2) is 8.02. The zero-order valence-electron chi connectivity index (χ0n) is 17.5. The number of hydrogen-bond donors (Lipinski definition) is 2. The van der Waals surface area contributed by atoms with Crippen LogP contribution in [0.25, 0.3) is 0 Å². The number of benzene rings is 2. The van der Waals surface area contributed by atoms with Crippen molar-refractivity contribution in [2.24, 2.45) is 5.92 Å². The van der Waals surface area contributed by atoms with Crippen LogP contribution in [0.2, 0.25) is 18.6 Å². The van der Waals surface area contributed by atoms with Crippen molar-refractivity contribution < 1.29 is 19.4 Å². The summed E-state index contributed by atoms with van der Waals surface area (Å²) in [5, 5.41) is 9.62. The molecule has 7 heteroatoms. The molecule has 2 heterocycles. The Morgan fingerprint density at radius 2 is 1.93 bits per heavy atom. The number of rotatable bonds is 5. The van der Waals surface area contributed by atoms with Gasteiger partial charge in [-0.2, -0.15) is 0 Å². The van der Waals surface area contributed by atoms with Crippen LogP contribution in [-0.2, 0) is 21.7 Å². The molecule has 4 atom stereocenters. The molecule has 1 amide bonds. The molecule has 4 rings (SSSR count). The summed E-state index contributed by atoms with van der Waals surface area (Å²) >= 11 is 2.28. The maximum absolute atomic E-state index is 14.0. The predicted octanol–water partition coefficient (Wildman–Crippen LogP) is 4.02. The number of aliphatic hydroxyl groups excluding tert-OH is 1. The monoisotopic (exact) mass is 537 g/mol. The summed E-state index contributed by atoms with van der Waals surface area (Å²) in [6.45, 7) is 6.26. The van der Waals surface area contributed by atoms with Crippen LogP contribution in [-0.4, -0.2) is 36.8 Å². The van der Waals surface area contributed by atoms with Crippen molar-refractivity contribution in [2.75, 3.05) is 11.5 Å². The summed E-state index contributed by atoms with van der Waals surface area (Å²) in [6.07, 6.45) is 0.0753. The second-order valence-corrected chi connectivity index (χ2v) is 14.1. The summed E-state index contributed by atoms with van der Waals surface area (Å²) in [5.74, 6) is -0.256. The Morgan fingerprint density at radius 3 is 2.60 bits per heavy atom. The zero-order chi connectivity index (χ0) is 21.7. The average molecular weight is 537 g/mol. The Bertz CT molecular complexity index is 962. The minimum absolute atomic E-state index is 0.0313. The molecule has 1 fully saturated rings. The Labute approximate surface area is 192 Å². The molecule has 0 saturated carbocycles. The number of carbonyl (C=O) groups is 1. The third-order valence-corrected chi connectivity index (χ3v) is 9.71. The van der Waals surface area contributed by atoms with Crippen molar-refractivity contribution in [3.05, 3.63) is 63.2 Å². The van der Waals surface area contributed by atoms with Gasteiger partial charge in [0.25, 0.3) is 5.91 Å². The van der Waals surface area contributed by atoms with Crippen LogP contribution in [0.1, 0.15) is 24.5 Å². The van der Waals surface area contributed by atoms with Crippen molar-refractivity contribution in [2.45, 2.75) is 50.2 Å². The standard InChI is InChI=1S/C23H28INO4Si/c1-15-21(30(2,3)28)20(11-12-26)29-23(15)18-9-4-5-10-19(18)25(22(23)27)14-16-7-6-8-17(24)13-16/h4-10,13,15,20-21,26,28H,11-12,14H2,1-3H3/t15-,20+,21-,23+/m1/s1. The van der Waals surface area contributed by atoms with Crippen LogP contribution in [0.4, 0.5) is 5.69 Å². The molecule has 1 saturated heterocycles. The van der Waals surface area contributed by atoms with Gasteiger partial charge in [0.05, 0.1) is 18.3 Å². The van der Waals surface area contributed by atoms with Crippen LogP contribution in [0.15, 0.2) is 48.5 Å². The highest BCUT2D eigenvalue weighted by molar-refractivity contribution is 14.1. The fourth-order valence-electron chi connectivity index (χ4n) is 5.40. The van der Waals surface area contributed by atoms with Crippen molar-refractivity contribution in [1.29, 1.82) is 0 Å². The third kappa shape index (κ3) is 3.44. The lowest BCUT2D eigenvalue weighted by molar-refractivity contribution is -0.146. The molecular formula is C23H28INO4Si. The first-order valence-electron chi connectivity index (χ1n) is 10.4. The van der Waals surface area contributed by atoms with Gasteiger partial charge in [-0.3, -0.25) is 4.79 Å². The van der Waals surface area contributed by atoms with Crippen LogP contribution < -0.4 is 4.90 Å². The summed E-state index contributed by atoms with van der Waals surface area (Å²) in [4.78, 5) is 26.8. The highest BCUT2D eigenvalue weighted by Crippen LogP contribution is 2.59. The van der Waals surface area contributed by atoms with Crippen molar-refractivity contribution >= 4 is 42.5 Å². The SMILES string of the molecule is C[C@@H]1[C@@H]([Si](C)(C)O)[C@H](CCO)O[C@@]12C(=O)N(Cc1cccc(I)c1)c1ccccc12. The van der Waals surface area contributed by atoms with Gasteiger partial charge >= 0.3 is 0 Å². The number of anilines is 1. The molecule has 0 aromatic heterocycles. The van der Waals surface area contributed by atoms with Crippen molar-refractivity contribution in [3.63, 3.8) is 0 Å². The first-order chi connectivity index (χ1) is 14.2. The number of aliphatic hydroxyl groups is 1. The van der Waals surface area contributed by atoms with Gasteiger partial charge in [-0.15, -0.1) is 0 Å². The van der Waals surface area contributed by atoms with Gasteiger partial charge in [0.1, 0.15) is 0 Å². The molecule has 2 aromatic carbocycles. The van der Waals surface area contributed by atoms with E-state index in [0.717, 1.165) is 20.4 Å². The van der Waals surface area contributed by atoms with Gasteiger partial charge in [0, 0.05) is 27.2 Å². The van der Waals surface area contributed by atoms with E-state index in [2.05, 4.69) is 28.7 Å². The van der Waals surface area contributed by atoms with Gasteiger partial charge in [0.2, 0.25) is 0 Å². The highest BCUT2D eigenvalue weighted by atomic mass is 127. The van der Waals surface area contributed by atoms with Gasteiger partial charge in [0.15, 0.2) is 13.9 Å². The first kappa shape index (κ1) is 21.9. The fraction of sp³-hybridized carbons (Fsp3) is 0.435. The molecule has 2 aliphatic heterocycles. The maximum atomic E-state index is 14.0. The lowest BCUT2D eigenvalue weighted by Crippen LogP contribution is -2.46. The first-order valence-corrected chi connectivity index (χ1v) is 14.5. The molecule has 2 N–H and O–H groups in total. The summed E-state index contributed by atoms with van der Waals surface area (Å²) in [5.41, 5.74) is 1.55. The molecular weight excluding hydrogens is 509 g/mol. The van der Waals surface area contributed by atoms with Crippen molar-refractivity contribution in [3.8, 4) is 0 Å². The normalized spacial score (nSPS) is 28.4. The summed E-state index contributed by atoms with van der Waals surface area (Å²) < 4.78 is 7.68. The molecule has 2 aliphatic rings. The van der Waals surface area contributed by atoms with E-state index in [1.165, 1.54) is 0 Å². The number of hydrogen-bond acceptors (Lipinski definition) is 4. The molecule has 0 radical (unpaired) electrons. The number of ether oxygens (including phenoxy) is 1. The molecule has 2 aromatic rings. The topological polar surface area (TPSA) is 70.0 Å². The highest BCUT2D eigenvalue weighted by Gasteiger charge is 2.65. The predicted molar refractivity (Wildman–Crippen MR) is 128 cm³/mol. The number of carbonyl (C=O) groups excluding carboxylic acids is 1. The molecule has 0 aliphatic carbocycles. The molecule has 5 nitrogen and oxygen atoms in total. The van der Waals surface area contributed by atoms with E-state index in [1.807, 2.05) is 67.4 Å². The molecule has 0 bridgehead atoms. The second-order valence-electron chi connectivity index (χ2n) is 8.91. The smallest absolute Gasteiger partial charge is 0.264 e. The number of fused-ring (bicyclic) bond motifs is 2. The molecule has 0 unspecified atom stereocenters. The quantitative estimate of drug-likeness (QED) is 0.447. The Hall–Kier alpha value is -1.26. The minimum atomic E-state index is -2.64. The minimum Gasteiger partial charge on any atom is -0.432 e. The van der Waals surface area contributed by atoms with E-state index in [4.69, 9.17) is 4.74 Å². The lowest BCUT2D eigenvalue weighted by atomic mass is 9.82. The van der Waals surface area contributed by atoms with E-state index in [1.54, 1.807) is 0 Å². The van der Waals surface area contributed by atoms with Crippen molar-refractivity contribution in [1.82, 2.24) is 0 Å². The lowest BCUT2D eigenvalue weighted by Gasteiger charge is -2.32. The summed E-state index contributed by atoms with van der Waals surface area (Å²) in [7, 11) is -2.64. The summed E-state index contributed by atoms with van der Waals surface area (Å²) in [6, 6.07) is 16.0. The van der Waals surface area contributed by atoms with Crippen LogP contribution >= 0.6 is 22.6 Å². The van der Waals surface area contributed by atoms with E-state index in [-0.39, 0.29) is 30.1 Å². The Morgan fingerprint density at radius 1 is 1.20 bits per heavy atom. The fourth-order valence-corrected chi connectivity index (χ4v) is 8.61. The zero-order valence-corrected chi connectivity index (χ0v) is 20.7. The third-order valence-electron chi connectivity index (χ3n) is 6.53. The largest absolute Gasteiger partial charge is 0.432 e.